The van der Waals surface area contributed by atoms with Crippen molar-refractivity contribution in [2.24, 2.45) is 0 Å². The first-order valence-electron chi connectivity index (χ1n) is 5.12. The normalized spacial score (nSPS) is 12.1. The first-order chi connectivity index (χ1) is 7.75. The van der Waals surface area contributed by atoms with Crippen molar-refractivity contribution in [1.82, 2.24) is 4.98 Å². The smallest absolute Gasteiger partial charge is 0.219 e. The topological polar surface area (TPSA) is 22.1 Å². The lowest BCUT2D eigenvalue weighted by Crippen LogP contribution is -1.88. The quantitative estimate of drug-likeness (QED) is 0.810. The van der Waals surface area contributed by atoms with Crippen molar-refractivity contribution in [3.05, 3.63) is 54.2 Å². The Bertz CT molecular complexity index is 439. The van der Waals surface area contributed by atoms with E-state index in [9.17, 15) is 0 Å². The van der Waals surface area contributed by atoms with Crippen LogP contribution in [0, 0.1) is 0 Å². The minimum atomic E-state index is 0.240. The van der Waals surface area contributed by atoms with Gasteiger partial charge >= 0.3 is 0 Å². The van der Waals surface area contributed by atoms with E-state index >= 15 is 0 Å². The summed E-state index contributed by atoms with van der Waals surface area (Å²) in [6.07, 6.45) is 1.71. The maximum absolute atomic E-state index is 5.58. The number of benzene rings is 1. The predicted molar refractivity (Wildman–Crippen MR) is 68.2 cm³/mol. The molecule has 1 aromatic heterocycles. The van der Waals surface area contributed by atoms with Crippen LogP contribution in [-0.2, 0) is 0 Å². The van der Waals surface area contributed by atoms with Crippen LogP contribution in [0.1, 0.15) is 17.7 Å². The summed E-state index contributed by atoms with van der Waals surface area (Å²) >= 11 is 4.37. The lowest BCUT2D eigenvalue weighted by molar-refractivity contribution is 0.463. The molecule has 1 aromatic carbocycles. The SMILES string of the molecule is CC(S)c1ccc(Oc2ccccn2)cc1. The fourth-order valence-corrected chi connectivity index (χ4v) is 1.51. The second-order valence-electron chi connectivity index (χ2n) is 3.52. The highest BCUT2D eigenvalue weighted by molar-refractivity contribution is 7.80. The molecular weight excluding hydrogens is 218 g/mol. The highest BCUT2D eigenvalue weighted by Crippen LogP contribution is 2.24. The van der Waals surface area contributed by atoms with Gasteiger partial charge in [0, 0.05) is 17.5 Å². The Morgan fingerprint density at radius 3 is 2.44 bits per heavy atom. The Kier molecular flexibility index (Phi) is 3.47. The van der Waals surface area contributed by atoms with Crippen LogP contribution in [0.3, 0.4) is 0 Å². The molecular formula is C13H13NOS. The van der Waals surface area contributed by atoms with Crippen molar-refractivity contribution < 1.29 is 4.74 Å². The summed E-state index contributed by atoms with van der Waals surface area (Å²) in [5.74, 6) is 1.39. The number of rotatable bonds is 3. The third-order valence-electron chi connectivity index (χ3n) is 2.22. The molecule has 0 saturated carbocycles. The van der Waals surface area contributed by atoms with Crippen molar-refractivity contribution in [3.63, 3.8) is 0 Å². The summed E-state index contributed by atoms with van der Waals surface area (Å²) in [5, 5.41) is 0.240. The minimum Gasteiger partial charge on any atom is -0.439 e. The molecule has 0 aliphatic rings. The Labute approximate surface area is 101 Å². The van der Waals surface area contributed by atoms with Crippen molar-refractivity contribution >= 4 is 12.6 Å². The van der Waals surface area contributed by atoms with Crippen molar-refractivity contribution in [1.29, 1.82) is 0 Å². The van der Waals surface area contributed by atoms with Crippen molar-refractivity contribution in [2.45, 2.75) is 12.2 Å². The summed E-state index contributed by atoms with van der Waals surface area (Å²) in [5.41, 5.74) is 1.18. The average molecular weight is 231 g/mol. The van der Waals surface area contributed by atoms with Gasteiger partial charge in [0.1, 0.15) is 5.75 Å². The van der Waals surface area contributed by atoms with Gasteiger partial charge in [-0.05, 0) is 30.7 Å². The van der Waals surface area contributed by atoms with Gasteiger partial charge in [-0.25, -0.2) is 4.98 Å². The molecule has 1 unspecified atom stereocenters. The second kappa shape index (κ2) is 5.03. The Hall–Kier alpha value is -1.48. The predicted octanol–water partition coefficient (Wildman–Crippen LogP) is 3.86. The number of hydrogen-bond acceptors (Lipinski definition) is 3. The summed E-state index contributed by atoms with van der Waals surface area (Å²) in [4.78, 5) is 4.09. The van der Waals surface area contributed by atoms with Crippen LogP contribution in [0.15, 0.2) is 48.7 Å². The first kappa shape index (κ1) is 11.0. The molecule has 2 nitrogen and oxygen atoms in total. The zero-order valence-corrected chi connectivity index (χ0v) is 9.89. The molecule has 0 N–H and O–H groups in total. The molecule has 0 amide bonds. The van der Waals surface area contributed by atoms with Gasteiger partial charge in [-0.3, -0.25) is 0 Å². The van der Waals surface area contributed by atoms with E-state index in [1.807, 2.05) is 49.4 Å². The van der Waals surface area contributed by atoms with Crippen LogP contribution < -0.4 is 4.74 Å². The van der Waals surface area contributed by atoms with E-state index in [2.05, 4.69) is 17.6 Å². The molecule has 82 valence electrons. The van der Waals surface area contributed by atoms with Crippen LogP contribution in [0.25, 0.3) is 0 Å². The van der Waals surface area contributed by atoms with Crippen LogP contribution >= 0.6 is 12.6 Å². The molecule has 0 aliphatic carbocycles. The maximum atomic E-state index is 5.58. The minimum absolute atomic E-state index is 0.240. The molecule has 3 heteroatoms. The molecule has 0 saturated heterocycles. The molecule has 2 rings (SSSR count). The van der Waals surface area contributed by atoms with Crippen molar-refractivity contribution in [3.8, 4) is 11.6 Å². The van der Waals surface area contributed by atoms with E-state index in [-0.39, 0.29) is 5.25 Å². The maximum Gasteiger partial charge on any atom is 0.219 e. The molecule has 0 aliphatic heterocycles. The fourth-order valence-electron chi connectivity index (χ4n) is 1.34. The number of pyridine rings is 1. The van der Waals surface area contributed by atoms with Crippen LogP contribution in [0.5, 0.6) is 11.6 Å². The molecule has 1 heterocycles. The first-order valence-corrected chi connectivity index (χ1v) is 5.64. The van der Waals surface area contributed by atoms with E-state index in [1.54, 1.807) is 6.20 Å². The van der Waals surface area contributed by atoms with Gasteiger partial charge in [0.05, 0.1) is 0 Å². The van der Waals surface area contributed by atoms with Gasteiger partial charge < -0.3 is 4.74 Å². The van der Waals surface area contributed by atoms with Gasteiger partial charge in [0.2, 0.25) is 5.88 Å². The molecule has 0 fully saturated rings. The number of hydrogen-bond donors (Lipinski definition) is 1. The number of aromatic nitrogens is 1. The second-order valence-corrected chi connectivity index (χ2v) is 4.29. The Morgan fingerprint density at radius 1 is 1.12 bits per heavy atom. The standard InChI is InChI=1S/C13H13NOS/c1-10(16)11-5-7-12(8-6-11)15-13-4-2-3-9-14-13/h2-10,16H,1H3. The van der Waals surface area contributed by atoms with Crippen molar-refractivity contribution in [2.75, 3.05) is 0 Å². The largest absolute Gasteiger partial charge is 0.439 e. The Morgan fingerprint density at radius 2 is 1.88 bits per heavy atom. The summed E-state index contributed by atoms with van der Waals surface area (Å²) in [6, 6.07) is 13.5. The molecule has 0 radical (unpaired) electrons. The van der Waals surface area contributed by atoms with Crippen LogP contribution in [0.4, 0.5) is 0 Å². The monoisotopic (exact) mass is 231 g/mol. The van der Waals surface area contributed by atoms with Crippen LogP contribution in [0.2, 0.25) is 0 Å². The Balaban J connectivity index is 2.11. The number of ether oxygens (including phenoxy) is 1. The van der Waals surface area contributed by atoms with Gasteiger partial charge in [0.25, 0.3) is 0 Å². The highest BCUT2D eigenvalue weighted by atomic mass is 32.1. The number of nitrogens with zero attached hydrogens (tertiary/aromatic N) is 1. The highest BCUT2D eigenvalue weighted by Gasteiger charge is 2.01. The van der Waals surface area contributed by atoms with Gasteiger partial charge in [0.15, 0.2) is 0 Å². The third-order valence-corrected chi connectivity index (χ3v) is 2.52. The molecule has 2 aromatic rings. The van der Waals surface area contributed by atoms with E-state index in [0.29, 0.717) is 5.88 Å². The number of thiol groups is 1. The lowest BCUT2D eigenvalue weighted by atomic mass is 10.1. The molecule has 16 heavy (non-hydrogen) atoms. The van der Waals surface area contributed by atoms with E-state index < -0.39 is 0 Å². The lowest BCUT2D eigenvalue weighted by Gasteiger charge is -2.07. The summed E-state index contributed by atoms with van der Waals surface area (Å²) in [6.45, 7) is 2.04. The third kappa shape index (κ3) is 2.76. The fraction of sp³-hybridized carbons (Fsp3) is 0.154. The van der Waals surface area contributed by atoms with E-state index in [4.69, 9.17) is 4.74 Å². The van der Waals surface area contributed by atoms with E-state index in [0.717, 1.165) is 5.75 Å². The molecule has 0 spiro atoms. The van der Waals surface area contributed by atoms with Gasteiger partial charge in [-0.1, -0.05) is 18.2 Å². The zero-order valence-electron chi connectivity index (χ0n) is 9.00. The average Bonchev–Trinajstić information content (AvgIpc) is 2.31. The van der Waals surface area contributed by atoms with Crippen LogP contribution in [-0.4, -0.2) is 4.98 Å². The summed E-state index contributed by atoms with van der Waals surface area (Å²) < 4.78 is 5.58. The zero-order chi connectivity index (χ0) is 11.4. The van der Waals surface area contributed by atoms with Gasteiger partial charge in [-0.2, -0.15) is 12.6 Å². The van der Waals surface area contributed by atoms with E-state index in [1.165, 1.54) is 5.56 Å². The van der Waals surface area contributed by atoms with Gasteiger partial charge in [-0.15, -0.1) is 0 Å². The molecule has 0 bridgehead atoms. The molecule has 1 atom stereocenters. The summed E-state index contributed by atoms with van der Waals surface area (Å²) in [7, 11) is 0.